The summed E-state index contributed by atoms with van der Waals surface area (Å²) in [6.07, 6.45) is 1.73. The molecule has 0 aliphatic carbocycles. The van der Waals surface area contributed by atoms with E-state index < -0.39 is 0 Å². The standard InChI is InChI=1S/C14H18BrClN4/c1-14(2,3)18-7-13-17-9-20(19-13)8-10-4-5-11(15)6-12(10)16/h4-6,9,18H,7-8H2,1-3H3. The summed E-state index contributed by atoms with van der Waals surface area (Å²) in [4.78, 5) is 4.30. The Balaban J connectivity index is 2.02. The van der Waals surface area contributed by atoms with Gasteiger partial charge in [-0.05, 0) is 38.5 Å². The van der Waals surface area contributed by atoms with Gasteiger partial charge in [0.2, 0.25) is 0 Å². The van der Waals surface area contributed by atoms with Crippen LogP contribution in [-0.4, -0.2) is 20.3 Å². The molecule has 1 aromatic heterocycles. The normalized spacial score (nSPS) is 11.8. The molecule has 6 heteroatoms. The van der Waals surface area contributed by atoms with Crippen molar-refractivity contribution in [3.8, 4) is 0 Å². The molecule has 4 nitrogen and oxygen atoms in total. The van der Waals surface area contributed by atoms with E-state index in [9.17, 15) is 0 Å². The van der Waals surface area contributed by atoms with Crippen LogP contribution in [0.3, 0.4) is 0 Å². The second-order valence-corrected chi connectivity index (χ2v) is 7.02. The summed E-state index contributed by atoms with van der Waals surface area (Å²) in [6.45, 7) is 7.63. The van der Waals surface area contributed by atoms with Crippen molar-refractivity contribution >= 4 is 27.5 Å². The van der Waals surface area contributed by atoms with E-state index in [0.717, 1.165) is 20.9 Å². The molecular formula is C14H18BrClN4. The lowest BCUT2D eigenvalue weighted by atomic mass is 10.1. The first-order chi connectivity index (χ1) is 9.33. The van der Waals surface area contributed by atoms with Gasteiger partial charge in [-0.3, -0.25) is 0 Å². The molecule has 0 aliphatic heterocycles. The Labute approximate surface area is 132 Å². The third-order valence-electron chi connectivity index (χ3n) is 2.71. The fourth-order valence-corrected chi connectivity index (χ4v) is 2.39. The maximum atomic E-state index is 6.20. The van der Waals surface area contributed by atoms with E-state index in [1.165, 1.54) is 0 Å². The third-order valence-corrected chi connectivity index (χ3v) is 3.55. The highest BCUT2D eigenvalue weighted by Crippen LogP contribution is 2.21. The summed E-state index contributed by atoms with van der Waals surface area (Å²) in [5, 5.41) is 8.53. The monoisotopic (exact) mass is 356 g/mol. The van der Waals surface area contributed by atoms with Gasteiger partial charge in [0.05, 0.1) is 13.1 Å². The number of halogens is 2. The summed E-state index contributed by atoms with van der Waals surface area (Å²) < 4.78 is 2.77. The average Bonchev–Trinajstić information content (AvgIpc) is 2.77. The van der Waals surface area contributed by atoms with Crippen LogP contribution in [0.4, 0.5) is 0 Å². The Bertz CT molecular complexity index is 589. The van der Waals surface area contributed by atoms with E-state index in [1.54, 1.807) is 11.0 Å². The van der Waals surface area contributed by atoms with Crippen LogP contribution in [0.2, 0.25) is 5.02 Å². The molecule has 1 aromatic carbocycles. The molecule has 1 heterocycles. The lowest BCUT2D eigenvalue weighted by molar-refractivity contribution is 0.417. The van der Waals surface area contributed by atoms with Crippen molar-refractivity contribution in [2.75, 3.05) is 0 Å². The molecule has 2 rings (SSSR count). The molecule has 0 spiro atoms. The van der Waals surface area contributed by atoms with Crippen LogP contribution in [0.5, 0.6) is 0 Å². The maximum absolute atomic E-state index is 6.20. The van der Waals surface area contributed by atoms with Crippen molar-refractivity contribution in [2.24, 2.45) is 0 Å². The summed E-state index contributed by atoms with van der Waals surface area (Å²) in [6, 6.07) is 5.84. The fraction of sp³-hybridized carbons (Fsp3) is 0.429. The van der Waals surface area contributed by atoms with Gasteiger partial charge in [-0.15, -0.1) is 0 Å². The van der Waals surface area contributed by atoms with Gasteiger partial charge in [-0.1, -0.05) is 33.6 Å². The minimum absolute atomic E-state index is 0.0560. The van der Waals surface area contributed by atoms with Gasteiger partial charge in [0, 0.05) is 15.0 Å². The maximum Gasteiger partial charge on any atom is 0.164 e. The number of nitrogens with one attached hydrogen (secondary N) is 1. The zero-order chi connectivity index (χ0) is 14.8. The number of aromatic nitrogens is 3. The highest BCUT2D eigenvalue weighted by atomic mass is 79.9. The Kier molecular flexibility index (Phi) is 4.83. The van der Waals surface area contributed by atoms with Gasteiger partial charge in [0.25, 0.3) is 0 Å². The predicted molar refractivity (Wildman–Crippen MR) is 84.9 cm³/mol. The van der Waals surface area contributed by atoms with Crippen molar-refractivity contribution in [1.82, 2.24) is 20.1 Å². The van der Waals surface area contributed by atoms with E-state index >= 15 is 0 Å². The Morgan fingerprint density at radius 3 is 2.75 bits per heavy atom. The topological polar surface area (TPSA) is 42.7 Å². The summed E-state index contributed by atoms with van der Waals surface area (Å²) in [7, 11) is 0. The number of hydrogen-bond donors (Lipinski definition) is 1. The van der Waals surface area contributed by atoms with E-state index in [1.807, 2.05) is 18.2 Å². The summed E-state index contributed by atoms with van der Waals surface area (Å²) in [5.74, 6) is 0.785. The van der Waals surface area contributed by atoms with Gasteiger partial charge in [0.15, 0.2) is 5.82 Å². The first-order valence-corrected chi connectivity index (χ1v) is 7.58. The van der Waals surface area contributed by atoms with Crippen LogP contribution >= 0.6 is 27.5 Å². The molecule has 0 fully saturated rings. The van der Waals surface area contributed by atoms with E-state index in [0.29, 0.717) is 13.1 Å². The van der Waals surface area contributed by atoms with Crippen LogP contribution in [-0.2, 0) is 13.1 Å². The highest BCUT2D eigenvalue weighted by Gasteiger charge is 2.10. The SMILES string of the molecule is CC(C)(C)NCc1ncn(Cc2ccc(Br)cc2Cl)n1. The van der Waals surface area contributed by atoms with E-state index in [4.69, 9.17) is 11.6 Å². The minimum Gasteiger partial charge on any atom is -0.305 e. The predicted octanol–water partition coefficient (Wildman–Crippen LogP) is 3.63. The van der Waals surface area contributed by atoms with Gasteiger partial charge >= 0.3 is 0 Å². The van der Waals surface area contributed by atoms with Gasteiger partial charge in [-0.25, -0.2) is 9.67 Å². The molecule has 20 heavy (non-hydrogen) atoms. The average molecular weight is 358 g/mol. The van der Waals surface area contributed by atoms with E-state index in [2.05, 4.69) is 52.1 Å². The third kappa shape index (κ3) is 4.58. The Morgan fingerprint density at radius 1 is 1.35 bits per heavy atom. The second-order valence-electron chi connectivity index (χ2n) is 5.70. The molecule has 0 saturated carbocycles. The molecule has 0 atom stereocenters. The molecule has 0 radical (unpaired) electrons. The second kappa shape index (κ2) is 6.24. The summed E-state index contributed by atoms with van der Waals surface area (Å²) in [5.41, 5.74) is 1.08. The molecular weight excluding hydrogens is 340 g/mol. The lowest BCUT2D eigenvalue weighted by Crippen LogP contribution is -2.35. The largest absolute Gasteiger partial charge is 0.305 e. The molecule has 0 aliphatic rings. The number of rotatable bonds is 4. The van der Waals surface area contributed by atoms with Crippen molar-refractivity contribution in [3.05, 3.63) is 45.4 Å². The van der Waals surface area contributed by atoms with Crippen molar-refractivity contribution in [3.63, 3.8) is 0 Å². The smallest absolute Gasteiger partial charge is 0.164 e. The molecule has 2 aromatic rings. The molecule has 0 saturated heterocycles. The van der Waals surface area contributed by atoms with Gasteiger partial charge in [-0.2, -0.15) is 5.10 Å². The van der Waals surface area contributed by atoms with Crippen molar-refractivity contribution in [2.45, 2.75) is 39.4 Å². The highest BCUT2D eigenvalue weighted by molar-refractivity contribution is 9.10. The molecule has 1 N–H and O–H groups in total. The van der Waals surface area contributed by atoms with Crippen molar-refractivity contribution in [1.29, 1.82) is 0 Å². The molecule has 0 amide bonds. The minimum atomic E-state index is 0.0560. The van der Waals surface area contributed by atoms with Crippen LogP contribution < -0.4 is 5.32 Å². The quantitative estimate of drug-likeness (QED) is 0.908. The number of benzene rings is 1. The Morgan fingerprint density at radius 2 is 2.10 bits per heavy atom. The van der Waals surface area contributed by atoms with Gasteiger partial charge in [0.1, 0.15) is 6.33 Å². The van der Waals surface area contributed by atoms with E-state index in [-0.39, 0.29) is 5.54 Å². The Hall–Kier alpha value is -0.910. The van der Waals surface area contributed by atoms with Crippen LogP contribution in [0.1, 0.15) is 32.2 Å². The molecule has 108 valence electrons. The molecule has 0 bridgehead atoms. The molecule has 0 unspecified atom stereocenters. The first-order valence-electron chi connectivity index (χ1n) is 6.41. The summed E-state index contributed by atoms with van der Waals surface area (Å²) >= 11 is 9.60. The first kappa shape index (κ1) is 15.5. The zero-order valence-corrected chi connectivity index (χ0v) is 14.2. The fourth-order valence-electron chi connectivity index (χ4n) is 1.66. The van der Waals surface area contributed by atoms with Gasteiger partial charge < -0.3 is 5.32 Å². The number of hydrogen-bond acceptors (Lipinski definition) is 3. The number of nitrogens with zero attached hydrogens (tertiary/aromatic N) is 3. The zero-order valence-electron chi connectivity index (χ0n) is 11.8. The van der Waals surface area contributed by atoms with Crippen LogP contribution in [0, 0.1) is 0 Å². The van der Waals surface area contributed by atoms with Crippen LogP contribution in [0.15, 0.2) is 29.0 Å². The lowest BCUT2D eigenvalue weighted by Gasteiger charge is -2.19. The van der Waals surface area contributed by atoms with Crippen LogP contribution in [0.25, 0.3) is 0 Å². The van der Waals surface area contributed by atoms with Crippen molar-refractivity contribution < 1.29 is 0 Å².